The van der Waals surface area contributed by atoms with Crippen molar-refractivity contribution in [2.75, 3.05) is 6.54 Å². The fourth-order valence-electron chi connectivity index (χ4n) is 3.92. The summed E-state index contributed by atoms with van der Waals surface area (Å²) in [5, 5.41) is 11.7. The van der Waals surface area contributed by atoms with Crippen LogP contribution < -0.4 is 5.32 Å². The molecule has 0 saturated carbocycles. The Morgan fingerprint density at radius 2 is 2.24 bits per heavy atom. The van der Waals surface area contributed by atoms with Crippen LogP contribution >= 0.6 is 11.3 Å². The number of rotatable bonds is 4. The highest BCUT2D eigenvalue weighted by atomic mass is 32.1. The molecule has 1 unspecified atom stereocenters. The SMILES string of the molecule is CC1CCc2sc(C(=O)NCCc3nnc4n3CCCCC4)cc2C1. The second-order valence-electron chi connectivity index (χ2n) is 7.41. The topological polar surface area (TPSA) is 59.8 Å². The number of carbonyl (C=O) groups excluding carboxylic acids is 1. The van der Waals surface area contributed by atoms with Gasteiger partial charge in [-0.05, 0) is 49.7 Å². The van der Waals surface area contributed by atoms with Gasteiger partial charge < -0.3 is 9.88 Å². The average molecular weight is 359 g/mol. The average Bonchev–Trinajstić information content (AvgIpc) is 3.11. The Labute approximate surface area is 152 Å². The van der Waals surface area contributed by atoms with Gasteiger partial charge >= 0.3 is 0 Å². The van der Waals surface area contributed by atoms with Crippen molar-refractivity contribution in [3.05, 3.63) is 33.0 Å². The normalized spacial score (nSPS) is 19.8. The van der Waals surface area contributed by atoms with Crippen LogP contribution in [0, 0.1) is 5.92 Å². The fraction of sp³-hybridized carbons (Fsp3) is 0.632. The lowest BCUT2D eigenvalue weighted by atomic mass is 9.90. The van der Waals surface area contributed by atoms with E-state index in [2.05, 4.69) is 33.1 Å². The number of aromatic nitrogens is 3. The Kier molecular flexibility index (Phi) is 4.88. The summed E-state index contributed by atoms with van der Waals surface area (Å²) < 4.78 is 2.25. The van der Waals surface area contributed by atoms with Gasteiger partial charge in [-0.2, -0.15) is 0 Å². The van der Waals surface area contributed by atoms with Gasteiger partial charge in [-0.15, -0.1) is 21.5 Å². The van der Waals surface area contributed by atoms with E-state index in [4.69, 9.17) is 0 Å². The van der Waals surface area contributed by atoms with Gasteiger partial charge in [0.05, 0.1) is 4.88 Å². The molecule has 6 heteroatoms. The highest BCUT2D eigenvalue weighted by molar-refractivity contribution is 7.14. The first-order valence-corrected chi connectivity index (χ1v) is 10.3. The first-order chi connectivity index (χ1) is 12.2. The summed E-state index contributed by atoms with van der Waals surface area (Å²) in [5.74, 6) is 2.92. The standard InChI is InChI=1S/C19H26N4OS/c1-13-6-7-15-14(11-13)12-16(25-15)19(24)20-9-8-18-22-21-17-5-3-2-4-10-23(17)18/h12-13H,2-11H2,1H3,(H,20,24). The molecule has 134 valence electrons. The van der Waals surface area contributed by atoms with Crippen LogP contribution in [-0.4, -0.2) is 27.2 Å². The van der Waals surface area contributed by atoms with Gasteiger partial charge in [-0.25, -0.2) is 0 Å². The molecule has 1 atom stereocenters. The summed E-state index contributed by atoms with van der Waals surface area (Å²) in [6.45, 7) is 3.93. The third-order valence-electron chi connectivity index (χ3n) is 5.37. The molecule has 0 radical (unpaired) electrons. The van der Waals surface area contributed by atoms with Crippen LogP contribution in [0.5, 0.6) is 0 Å². The second kappa shape index (κ2) is 7.28. The van der Waals surface area contributed by atoms with Crippen LogP contribution in [-0.2, 0) is 32.2 Å². The minimum absolute atomic E-state index is 0.0580. The minimum Gasteiger partial charge on any atom is -0.351 e. The number of nitrogens with one attached hydrogen (secondary N) is 1. The number of amides is 1. The Bertz CT molecular complexity index is 764. The maximum absolute atomic E-state index is 12.5. The largest absolute Gasteiger partial charge is 0.351 e. The minimum atomic E-state index is 0.0580. The van der Waals surface area contributed by atoms with Gasteiger partial charge in [-0.3, -0.25) is 4.79 Å². The molecule has 4 rings (SSSR count). The van der Waals surface area contributed by atoms with Crippen molar-refractivity contribution in [1.82, 2.24) is 20.1 Å². The lowest BCUT2D eigenvalue weighted by molar-refractivity contribution is 0.0958. The molecule has 2 aromatic heterocycles. The van der Waals surface area contributed by atoms with Crippen molar-refractivity contribution in [1.29, 1.82) is 0 Å². The van der Waals surface area contributed by atoms with E-state index in [1.807, 2.05) is 0 Å². The number of fused-ring (bicyclic) bond motifs is 2. The van der Waals surface area contributed by atoms with E-state index in [0.717, 1.165) is 54.7 Å². The number of carbonyl (C=O) groups is 1. The van der Waals surface area contributed by atoms with Crippen molar-refractivity contribution in [2.24, 2.45) is 5.92 Å². The molecule has 0 bridgehead atoms. The summed E-state index contributed by atoms with van der Waals surface area (Å²) in [7, 11) is 0. The first kappa shape index (κ1) is 16.8. The zero-order valence-electron chi connectivity index (χ0n) is 14.9. The number of hydrogen-bond donors (Lipinski definition) is 1. The summed E-state index contributed by atoms with van der Waals surface area (Å²) in [4.78, 5) is 14.7. The van der Waals surface area contributed by atoms with E-state index in [0.29, 0.717) is 6.54 Å². The molecular formula is C19H26N4OS. The molecule has 25 heavy (non-hydrogen) atoms. The third-order valence-corrected chi connectivity index (χ3v) is 6.61. The van der Waals surface area contributed by atoms with Crippen LogP contribution in [0.25, 0.3) is 0 Å². The van der Waals surface area contributed by atoms with Gasteiger partial charge in [0.15, 0.2) is 0 Å². The molecule has 0 saturated heterocycles. The van der Waals surface area contributed by atoms with E-state index in [1.54, 1.807) is 11.3 Å². The highest BCUT2D eigenvalue weighted by Gasteiger charge is 2.21. The number of hydrogen-bond acceptors (Lipinski definition) is 4. The molecule has 0 spiro atoms. The Morgan fingerprint density at radius 3 is 3.16 bits per heavy atom. The Hall–Kier alpha value is -1.69. The van der Waals surface area contributed by atoms with Crippen LogP contribution in [0.4, 0.5) is 0 Å². The van der Waals surface area contributed by atoms with Crippen molar-refractivity contribution in [2.45, 2.75) is 64.8 Å². The summed E-state index contributed by atoms with van der Waals surface area (Å²) >= 11 is 1.67. The number of nitrogens with zero attached hydrogens (tertiary/aromatic N) is 3. The van der Waals surface area contributed by atoms with Gasteiger partial charge in [-0.1, -0.05) is 13.3 Å². The Balaban J connectivity index is 1.35. The lowest BCUT2D eigenvalue weighted by Gasteiger charge is -2.16. The Morgan fingerprint density at radius 1 is 1.32 bits per heavy atom. The maximum Gasteiger partial charge on any atom is 0.261 e. The molecule has 1 aliphatic carbocycles. The number of thiophene rings is 1. The zero-order valence-corrected chi connectivity index (χ0v) is 15.7. The first-order valence-electron chi connectivity index (χ1n) is 9.51. The second-order valence-corrected chi connectivity index (χ2v) is 8.54. The van der Waals surface area contributed by atoms with E-state index in [9.17, 15) is 4.79 Å². The molecule has 0 fully saturated rings. The van der Waals surface area contributed by atoms with Crippen molar-refractivity contribution in [3.63, 3.8) is 0 Å². The van der Waals surface area contributed by atoms with Crippen LogP contribution in [0.2, 0.25) is 0 Å². The van der Waals surface area contributed by atoms with E-state index in [-0.39, 0.29) is 5.91 Å². The highest BCUT2D eigenvalue weighted by Crippen LogP contribution is 2.32. The molecule has 0 aromatic carbocycles. The van der Waals surface area contributed by atoms with Gasteiger partial charge in [0.1, 0.15) is 11.6 Å². The van der Waals surface area contributed by atoms with E-state index in [1.165, 1.54) is 36.1 Å². The summed E-state index contributed by atoms with van der Waals surface area (Å²) in [6.07, 6.45) is 8.93. The molecule has 3 heterocycles. The molecule has 2 aliphatic rings. The van der Waals surface area contributed by atoms with Crippen LogP contribution in [0.1, 0.15) is 64.4 Å². The summed E-state index contributed by atoms with van der Waals surface area (Å²) in [5.41, 5.74) is 1.39. The van der Waals surface area contributed by atoms with Crippen molar-refractivity contribution < 1.29 is 4.79 Å². The molecule has 1 N–H and O–H groups in total. The monoisotopic (exact) mass is 358 g/mol. The van der Waals surface area contributed by atoms with Crippen LogP contribution in [0.15, 0.2) is 6.07 Å². The van der Waals surface area contributed by atoms with Gasteiger partial charge in [0.2, 0.25) is 0 Å². The van der Waals surface area contributed by atoms with E-state index < -0.39 is 0 Å². The predicted octanol–water partition coefficient (Wildman–Crippen LogP) is 3.16. The molecule has 1 aliphatic heterocycles. The molecular weight excluding hydrogens is 332 g/mol. The quantitative estimate of drug-likeness (QED) is 0.913. The number of aryl methyl sites for hydroxylation is 2. The molecule has 2 aromatic rings. The predicted molar refractivity (Wildman–Crippen MR) is 99.1 cm³/mol. The third kappa shape index (κ3) is 3.64. The van der Waals surface area contributed by atoms with Gasteiger partial charge in [0.25, 0.3) is 5.91 Å². The zero-order chi connectivity index (χ0) is 17.2. The fourth-order valence-corrected chi connectivity index (χ4v) is 5.05. The van der Waals surface area contributed by atoms with Crippen molar-refractivity contribution >= 4 is 17.2 Å². The lowest BCUT2D eigenvalue weighted by Crippen LogP contribution is -2.26. The smallest absolute Gasteiger partial charge is 0.261 e. The van der Waals surface area contributed by atoms with E-state index >= 15 is 0 Å². The van der Waals surface area contributed by atoms with Crippen molar-refractivity contribution in [3.8, 4) is 0 Å². The summed E-state index contributed by atoms with van der Waals surface area (Å²) in [6, 6.07) is 2.11. The van der Waals surface area contributed by atoms with Crippen LogP contribution in [0.3, 0.4) is 0 Å². The van der Waals surface area contributed by atoms with Gasteiger partial charge in [0, 0.05) is 30.8 Å². The molecule has 1 amide bonds. The molecule has 5 nitrogen and oxygen atoms in total. The maximum atomic E-state index is 12.5.